The lowest BCUT2D eigenvalue weighted by molar-refractivity contribution is 0.583. The topological polar surface area (TPSA) is 24.3 Å². The number of hydrogen-bond donors (Lipinski definition) is 0. The number of anilines is 2. The summed E-state index contributed by atoms with van der Waals surface area (Å²) in [6, 6.07) is 28.8. The van der Waals surface area contributed by atoms with E-state index in [-0.39, 0.29) is 5.41 Å². The van der Waals surface area contributed by atoms with Crippen molar-refractivity contribution in [2.24, 2.45) is 0 Å². The summed E-state index contributed by atoms with van der Waals surface area (Å²) in [6.07, 6.45) is 5.13. The SMILES string of the molecule is CC.CCC.CN(C)c1ccc(-c2cc(-n3cccn3)c(C(C)(C)C)cc2-c2ccc(N(C)C)c3ccccc23)cc1. The molecule has 0 saturated carbocycles. The van der Waals surface area contributed by atoms with E-state index in [0.717, 1.165) is 5.69 Å². The van der Waals surface area contributed by atoms with Crippen LogP contribution < -0.4 is 9.80 Å². The molecule has 0 aliphatic rings. The van der Waals surface area contributed by atoms with Crippen molar-refractivity contribution in [2.75, 3.05) is 38.0 Å². The van der Waals surface area contributed by atoms with Crippen molar-refractivity contribution in [3.05, 3.63) is 96.8 Å². The van der Waals surface area contributed by atoms with Crippen LogP contribution in [0.5, 0.6) is 0 Å². The van der Waals surface area contributed by atoms with E-state index in [1.54, 1.807) is 0 Å². The highest BCUT2D eigenvalue weighted by atomic mass is 15.3. The molecule has 4 nitrogen and oxygen atoms in total. The zero-order chi connectivity index (χ0) is 31.0. The summed E-state index contributed by atoms with van der Waals surface area (Å²) < 4.78 is 2.00. The minimum atomic E-state index is -0.0667. The molecule has 0 aliphatic carbocycles. The Kier molecular flexibility index (Phi) is 11.0. The predicted octanol–water partition coefficient (Wildman–Crippen LogP) is 10.2. The summed E-state index contributed by atoms with van der Waals surface area (Å²) in [4.78, 5) is 4.32. The first kappa shape index (κ1) is 32.5. The first-order chi connectivity index (χ1) is 20.1. The van der Waals surface area contributed by atoms with Gasteiger partial charge in [0, 0.05) is 57.3 Å². The quantitative estimate of drug-likeness (QED) is 0.213. The smallest absolute Gasteiger partial charge is 0.0689 e. The van der Waals surface area contributed by atoms with Crippen LogP contribution in [0.15, 0.2) is 91.3 Å². The summed E-state index contributed by atoms with van der Waals surface area (Å²) >= 11 is 0. The lowest BCUT2D eigenvalue weighted by Crippen LogP contribution is -2.16. The molecule has 42 heavy (non-hydrogen) atoms. The normalized spacial score (nSPS) is 10.8. The lowest BCUT2D eigenvalue weighted by atomic mass is 9.81. The highest BCUT2D eigenvalue weighted by Crippen LogP contribution is 2.43. The van der Waals surface area contributed by atoms with Gasteiger partial charge >= 0.3 is 0 Å². The second kappa shape index (κ2) is 14.2. The van der Waals surface area contributed by atoms with Gasteiger partial charge in [0.05, 0.1) is 5.69 Å². The molecule has 0 bridgehead atoms. The number of benzene rings is 4. The van der Waals surface area contributed by atoms with Gasteiger partial charge in [-0.25, -0.2) is 4.68 Å². The Morgan fingerprint density at radius 3 is 1.83 bits per heavy atom. The van der Waals surface area contributed by atoms with E-state index < -0.39 is 0 Å². The minimum Gasteiger partial charge on any atom is -0.378 e. The molecule has 0 fully saturated rings. The monoisotopic (exact) mass is 562 g/mol. The first-order valence-corrected chi connectivity index (χ1v) is 15.2. The second-order valence-electron chi connectivity index (χ2n) is 11.8. The van der Waals surface area contributed by atoms with Gasteiger partial charge in [-0.3, -0.25) is 0 Å². The molecule has 1 heterocycles. The predicted molar refractivity (Wildman–Crippen MR) is 187 cm³/mol. The maximum absolute atomic E-state index is 4.62. The van der Waals surface area contributed by atoms with Gasteiger partial charge in [-0.05, 0) is 75.0 Å². The maximum atomic E-state index is 4.62. The molecule has 5 rings (SSSR count). The van der Waals surface area contributed by atoms with E-state index in [2.05, 4.69) is 151 Å². The van der Waals surface area contributed by atoms with Crippen molar-refractivity contribution in [1.82, 2.24) is 9.78 Å². The summed E-state index contributed by atoms with van der Waals surface area (Å²) in [5, 5.41) is 7.13. The molecule has 4 aromatic carbocycles. The maximum Gasteiger partial charge on any atom is 0.0689 e. The Morgan fingerprint density at radius 1 is 0.690 bits per heavy atom. The summed E-state index contributed by atoms with van der Waals surface area (Å²) in [7, 11) is 8.37. The van der Waals surface area contributed by atoms with Crippen LogP contribution in [0.25, 0.3) is 38.7 Å². The fourth-order valence-corrected chi connectivity index (χ4v) is 5.10. The van der Waals surface area contributed by atoms with Crippen LogP contribution in [-0.4, -0.2) is 38.0 Å². The van der Waals surface area contributed by atoms with E-state index in [1.165, 1.54) is 56.4 Å². The highest BCUT2D eigenvalue weighted by Gasteiger charge is 2.24. The number of fused-ring (bicyclic) bond motifs is 1. The van der Waals surface area contributed by atoms with Gasteiger partial charge in [0.25, 0.3) is 0 Å². The van der Waals surface area contributed by atoms with Crippen LogP contribution in [0.1, 0.15) is 60.5 Å². The van der Waals surface area contributed by atoms with Crippen molar-refractivity contribution in [3.63, 3.8) is 0 Å². The number of nitrogens with zero attached hydrogens (tertiary/aromatic N) is 4. The van der Waals surface area contributed by atoms with Crippen molar-refractivity contribution in [1.29, 1.82) is 0 Å². The standard InChI is InChI=1S/C33H36N4.C3H8.C2H6/c1-33(2,3)30-21-29(26-17-18-31(36(6)7)27-12-9-8-11-25(26)27)28(22-32(30)37-20-10-19-34-37)23-13-15-24(16-14-23)35(4)5;1-3-2;1-2/h8-22H,1-7H3;3H2,1-2H3;1-2H3. The fourth-order valence-electron chi connectivity index (χ4n) is 5.10. The highest BCUT2D eigenvalue weighted by molar-refractivity contribution is 6.06. The Balaban J connectivity index is 0.000000910. The Morgan fingerprint density at radius 2 is 1.31 bits per heavy atom. The summed E-state index contributed by atoms with van der Waals surface area (Å²) in [5.41, 5.74) is 9.59. The molecule has 0 aliphatic heterocycles. The largest absolute Gasteiger partial charge is 0.378 e. The van der Waals surface area contributed by atoms with Crippen molar-refractivity contribution in [2.45, 2.75) is 60.3 Å². The molecular weight excluding hydrogens is 512 g/mol. The number of aromatic nitrogens is 2. The molecule has 5 aromatic rings. The summed E-state index contributed by atoms with van der Waals surface area (Å²) in [6.45, 7) is 15.1. The third-order valence-corrected chi connectivity index (χ3v) is 7.06. The molecule has 0 unspecified atom stereocenters. The van der Waals surface area contributed by atoms with E-state index in [9.17, 15) is 0 Å². The van der Waals surface area contributed by atoms with Crippen molar-refractivity contribution in [3.8, 4) is 27.9 Å². The van der Waals surface area contributed by atoms with Gasteiger partial charge in [-0.1, -0.05) is 97.4 Å². The second-order valence-corrected chi connectivity index (χ2v) is 11.8. The first-order valence-electron chi connectivity index (χ1n) is 15.2. The molecule has 0 atom stereocenters. The van der Waals surface area contributed by atoms with Crippen molar-refractivity contribution >= 4 is 22.1 Å². The van der Waals surface area contributed by atoms with Gasteiger partial charge < -0.3 is 9.80 Å². The Labute approximate surface area is 254 Å². The van der Waals surface area contributed by atoms with Crippen LogP contribution in [0.4, 0.5) is 11.4 Å². The zero-order valence-electron chi connectivity index (χ0n) is 27.7. The van der Waals surface area contributed by atoms with Crippen LogP contribution in [0.2, 0.25) is 0 Å². The number of hydrogen-bond acceptors (Lipinski definition) is 3. The fraction of sp³-hybridized carbons (Fsp3) is 0.342. The molecule has 222 valence electrons. The van der Waals surface area contributed by atoms with Gasteiger partial charge in [0.2, 0.25) is 0 Å². The van der Waals surface area contributed by atoms with E-state index in [4.69, 9.17) is 0 Å². The lowest BCUT2D eigenvalue weighted by Gasteiger charge is -2.27. The molecule has 1 aromatic heterocycles. The summed E-state index contributed by atoms with van der Waals surface area (Å²) in [5.74, 6) is 0. The molecule has 0 amide bonds. The van der Waals surface area contributed by atoms with Crippen molar-refractivity contribution < 1.29 is 0 Å². The third kappa shape index (κ3) is 7.05. The van der Waals surface area contributed by atoms with Gasteiger partial charge in [0.1, 0.15) is 0 Å². The van der Waals surface area contributed by atoms with Crippen LogP contribution >= 0.6 is 0 Å². The third-order valence-electron chi connectivity index (χ3n) is 7.06. The molecule has 0 radical (unpaired) electrons. The molecule has 4 heteroatoms. The minimum absolute atomic E-state index is 0.0667. The Bertz CT molecular complexity index is 1550. The molecule has 0 spiro atoms. The average molecular weight is 563 g/mol. The van der Waals surface area contributed by atoms with Gasteiger partial charge in [0.15, 0.2) is 0 Å². The number of rotatable bonds is 5. The Hall–Kier alpha value is -4.05. The molecule has 0 saturated heterocycles. The van der Waals surface area contributed by atoms with Crippen LogP contribution in [0, 0.1) is 0 Å². The van der Waals surface area contributed by atoms with Crippen LogP contribution in [-0.2, 0) is 5.41 Å². The van der Waals surface area contributed by atoms with Crippen LogP contribution in [0.3, 0.4) is 0 Å². The van der Waals surface area contributed by atoms with Gasteiger partial charge in [-0.15, -0.1) is 0 Å². The molecular formula is C38H50N4. The molecule has 0 N–H and O–H groups in total. The van der Waals surface area contributed by atoms with Gasteiger partial charge in [-0.2, -0.15) is 5.10 Å². The van der Waals surface area contributed by atoms with E-state index in [0.29, 0.717) is 0 Å². The van der Waals surface area contributed by atoms with E-state index in [1.807, 2.05) is 37.0 Å². The van der Waals surface area contributed by atoms with E-state index >= 15 is 0 Å². The zero-order valence-corrected chi connectivity index (χ0v) is 27.7. The average Bonchev–Trinajstić information content (AvgIpc) is 3.52.